The van der Waals surface area contributed by atoms with E-state index >= 15 is 0 Å². The molecule has 3 aromatic rings. The zero-order valence-electron chi connectivity index (χ0n) is 15.6. The molecule has 1 unspecified atom stereocenters. The van der Waals surface area contributed by atoms with Gasteiger partial charge in [0.15, 0.2) is 5.96 Å². The molecular formula is C22H24N4O. The van der Waals surface area contributed by atoms with E-state index in [2.05, 4.69) is 42.7 Å². The molecule has 0 spiro atoms. The highest BCUT2D eigenvalue weighted by Crippen LogP contribution is 2.34. The molecule has 0 saturated carbocycles. The van der Waals surface area contributed by atoms with E-state index in [1.54, 1.807) is 0 Å². The molecule has 0 radical (unpaired) electrons. The van der Waals surface area contributed by atoms with Crippen LogP contribution in [-0.2, 0) is 4.79 Å². The predicted molar refractivity (Wildman–Crippen MR) is 111 cm³/mol. The standard InChI is InChI=1S/C22H24N4O/c1-3-8-15(2)16-9-4-5-10-17(16)20-13-21(26-22(23)24-14-27)18-11-6-7-12-19(18)25-20/h4-7,9-15H,3,8H2,1-2H3,(H3,23,24,25,26,27). The van der Waals surface area contributed by atoms with E-state index < -0.39 is 0 Å². The molecule has 0 fully saturated rings. The van der Waals surface area contributed by atoms with E-state index in [4.69, 9.17) is 10.4 Å². The molecule has 3 rings (SSSR count). The molecule has 5 heteroatoms. The first-order valence-electron chi connectivity index (χ1n) is 9.19. The van der Waals surface area contributed by atoms with Crippen LogP contribution in [0.4, 0.5) is 5.69 Å². The SMILES string of the molecule is CCCC(C)c1ccccc1-c1cc(NC(=N)NC=O)c2ccccc2n1. The van der Waals surface area contributed by atoms with Gasteiger partial charge in [0.05, 0.1) is 16.9 Å². The van der Waals surface area contributed by atoms with Crippen LogP contribution in [0.25, 0.3) is 22.2 Å². The smallest absolute Gasteiger partial charge is 0.213 e. The third-order valence-corrected chi connectivity index (χ3v) is 4.67. The van der Waals surface area contributed by atoms with Gasteiger partial charge in [0.2, 0.25) is 6.41 Å². The fraction of sp³-hybridized carbons (Fsp3) is 0.227. The molecule has 1 atom stereocenters. The Kier molecular flexibility index (Phi) is 5.81. The summed E-state index contributed by atoms with van der Waals surface area (Å²) in [6.07, 6.45) is 2.73. The summed E-state index contributed by atoms with van der Waals surface area (Å²) in [7, 11) is 0. The summed E-state index contributed by atoms with van der Waals surface area (Å²) in [5.74, 6) is 0.367. The van der Waals surface area contributed by atoms with Crippen molar-refractivity contribution in [2.45, 2.75) is 32.6 Å². The number of hydrogen-bond acceptors (Lipinski definition) is 3. The van der Waals surface area contributed by atoms with Crippen LogP contribution >= 0.6 is 0 Å². The molecule has 1 amide bonds. The molecule has 1 heterocycles. The maximum Gasteiger partial charge on any atom is 0.213 e. The first-order valence-corrected chi connectivity index (χ1v) is 9.19. The molecule has 0 aliphatic carbocycles. The van der Waals surface area contributed by atoms with Crippen LogP contribution in [0, 0.1) is 5.41 Å². The van der Waals surface area contributed by atoms with Crippen LogP contribution in [0.15, 0.2) is 54.6 Å². The van der Waals surface area contributed by atoms with E-state index in [1.165, 1.54) is 5.56 Å². The Morgan fingerprint density at radius 2 is 1.93 bits per heavy atom. The van der Waals surface area contributed by atoms with E-state index in [0.29, 0.717) is 12.3 Å². The van der Waals surface area contributed by atoms with Gasteiger partial charge in [0.1, 0.15) is 0 Å². The number of benzene rings is 2. The zero-order valence-corrected chi connectivity index (χ0v) is 15.6. The predicted octanol–water partition coefficient (Wildman–Crippen LogP) is 4.90. The summed E-state index contributed by atoms with van der Waals surface area (Å²) in [5, 5.41) is 14.1. The maximum atomic E-state index is 10.6. The van der Waals surface area contributed by atoms with Gasteiger partial charge in [-0.25, -0.2) is 4.98 Å². The van der Waals surface area contributed by atoms with Crippen molar-refractivity contribution in [3.05, 3.63) is 60.2 Å². The first-order chi connectivity index (χ1) is 13.1. The topological polar surface area (TPSA) is 77.9 Å². The second-order valence-corrected chi connectivity index (χ2v) is 6.61. The first kappa shape index (κ1) is 18.6. The van der Waals surface area contributed by atoms with Crippen molar-refractivity contribution < 1.29 is 4.79 Å². The lowest BCUT2D eigenvalue weighted by Crippen LogP contribution is -2.28. The highest BCUT2D eigenvalue weighted by Gasteiger charge is 2.14. The highest BCUT2D eigenvalue weighted by atomic mass is 16.1. The summed E-state index contributed by atoms with van der Waals surface area (Å²) in [6, 6.07) is 18.1. The summed E-state index contributed by atoms with van der Waals surface area (Å²) in [6.45, 7) is 4.44. The molecule has 0 aliphatic rings. The fourth-order valence-corrected chi connectivity index (χ4v) is 3.39. The van der Waals surface area contributed by atoms with Crippen molar-refractivity contribution in [3.8, 4) is 11.3 Å². The molecule has 3 N–H and O–H groups in total. The van der Waals surface area contributed by atoms with E-state index in [9.17, 15) is 4.79 Å². The van der Waals surface area contributed by atoms with Crippen molar-refractivity contribution in [1.82, 2.24) is 10.3 Å². The van der Waals surface area contributed by atoms with E-state index in [0.717, 1.165) is 40.7 Å². The third kappa shape index (κ3) is 4.14. The Labute approximate surface area is 159 Å². The van der Waals surface area contributed by atoms with E-state index in [1.807, 2.05) is 36.4 Å². The van der Waals surface area contributed by atoms with Crippen LogP contribution in [0.2, 0.25) is 0 Å². The lowest BCUT2D eigenvalue weighted by molar-refractivity contribution is -0.108. The average molecular weight is 360 g/mol. The van der Waals surface area contributed by atoms with Crippen molar-refractivity contribution in [2.75, 3.05) is 5.32 Å². The number of carbonyl (C=O) groups excluding carboxylic acids is 1. The van der Waals surface area contributed by atoms with Crippen LogP contribution in [0.1, 0.15) is 38.2 Å². The normalized spacial score (nSPS) is 11.8. The number of para-hydroxylation sites is 1. The number of amides is 1. The van der Waals surface area contributed by atoms with Crippen molar-refractivity contribution in [1.29, 1.82) is 5.41 Å². The minimum Gasteiger partial charge on any atom is -0.325 e. The number of nitrogens with zero attached hydrogens (tertiary/aromatic N) is 1. The second kappa shape index (κ2) is 8.45. The number of guanidine groups is 1. The van der Waals surface area contributed by atoms with Crippen LogP contribution < -0.4 is 10.6 Å². The van der Waals surface area contributed by atoms with Gasteiger partial charge in [-0.1, -0.05) is 62.7 Å². The number of carbonyl (C=O) groups is 1. The van der Waals surface area contributed by atoms with Crippen molar-refractivity contribution >= 4 is 29.0 Å². The molecule has 27 heavy (non-hydrogen) atoms. The van der Waals surface area contributed by atoms with Crippen LogP contribution in [0.5, 0.6) is 0 Å². The summed E-state index contributed by atoms with van der Waals surface area (Å²) in [4.78, 5) is 15.5. The minimum atomic E-state index is -0.0695. The van der Waals surface area contributed by atoms with E-state index in [-0.39, 0.29) is 5.96 Å². The minimum absolute atomic E-state index is 0.0695. The van der Waals surface area contributed by atoms with Crippen molar-refractivity contribution in [2.24, 2.45) is 0 Å². The monoisotopic (exact) mass is 360 g/mol. The van der Waals surface area contributed by atoms with Gasteiger partial charge in [-0.2, -0.15) is 0 Å². The third-order valence-electron chi connectivity index (χ3n) is 4.67. The molecule has 0 aliphatic heterocycles. The lowest BCUT2D eigenvalue weighted by Gasteiger charge is -2.17. The molecule has 2 aromatic carbocycles. The van der Waals surface area contributed by atoms with Gasteiger partial charge in [0, 0.05) is 10.9 Å². The number of nitrogens with one attached hydrogen (secondary N) is 3. The summed E-state index contributed by atoms with van der Waals surface area (Å²) in [5.41, 5.74) is 4.81. The Hall–Kier alpha value is -3.21. The Morgan fingerprint density at radius 1 is 1.19 bits per heavy atom. The summed E-state index contributed by atoms with van der Waals surface area (Å²) >= 11 is 0. The number of pyridine rings is 1. The average Bonchev–Trinajstić information content (AvgIpc) is 2.68. The zero-order chi connectivity index (χ0) is 19.2. The Morgan fingerprint density at radius 3 is 2.70 bits per heavy atom. The molecule has 138 valence electrons. The molecule has 0 saturated heterocycles. The van der Waals surface area contributed by atoms with Gasteiger partial charge in [-0.15, -0.1) is 0 Å². The van der Waals surface area contributed by atoms with Gasteiger partial charge >= 0.3 is 0 Å². The quantitative estimate of drug-likeness (QED) is 0.332. The fourth-order valence-electron chi connectivity index (χ4n) is 3.39. The summed E-state index contributed by atoms with van der Waals surface area (Å²) < 4.78 is 0. The van der Waals surface area contributed by atoms with Crippen LogP contribution in [-0.4, -0.2) is 17.4 Å². The molecular weight excluding hydrogens is 336 g/mol. The van der Waals surface area contributed by atoms with Crippen molar-refractivity contribution in [3.63, 3.8) is 0 Å². The number of fused-ring (bicyclic) bond motifs is 1. The van der Waals surface area contributed by atoms with Gasteiger partial charge in [-0.3, -0.25) is 15.5 Å². The largest absolute Gasteiger partial charge is 0.325 e. The van der Waals surface area contributed by atoms with Gasteiger partial charge in [-0.05, 0) is 30.0 Å². The Balaban J connectivity index is 2.13. The number of rotatable bonds is 6. The van der Waals surface area contributed by atoms with Crippen LogP contribution in [0.3, 0.4) is 0 Å². The second-order valence-electron chi connectivity index (χ2n) is 6.61. The van der Waals surface area contributed by atoms with Gasteiger partial charge in [0.25, 0.3) is 0 Å². The van der Waals surface area contributed by atoms with Gasteiger partial charge < -0.3 is 5.32 Å². The molecule has 1 aromatic heterocycles. The molecule has 5 nitrogen and oxygen atoms in total. The number of anilines is 1. The Bertz CT molecular complexity index is 967. The number of hydrogen-bond donors (Lipinski definition) is 3. The highest BCUT2D eigenvalue weighted by molar-refractivity contribution is 6.04. The number of aromatic nitrogens is 1. The lowest BCUT2D eigenvalue weighted by atomic mass is 9.90. The molecule has 0 bridgehead atoms. The maximum absolute atomic E-state index is 10.6.